The minimum absolute atomic E-state index is 0.0673. The van der Waals surface area contributed by atoms with E-state index in [0.717, 1.165) is 11.3 Å². The average molecular weight is 470 g/mol. The van der Waals surface area contributed by atoms with Crippen LogP contribution in [0.5, 0.6) is 0 Å². The third kappa shape index (κ3) is 6.06. The van der Waals surface area contributed by atoms with Gasteiger partial charge in [0.15, 0.2) is 0 Å². The van der Waals surface area contributed by atoms with Crippen LogP contribution in [0, 0.1) is 5.92 Å². The van der Waals surface area contributed by atoms with Crippen molar-refractivity contribution in [3.05, 3.63) is 69.5 Å². The van der Waals surface area contributed by atoms with Crippen LogP contribution < -0.4 is 5.32 Å². The van der Waals surface area contributed by atoms with Crippen molar-refractivity contribution in [3.8, 4) is 0 Å². The molecule has 0 bridgehead atoms. The van der Waals surface area contributed by atoms with Crippen molar-refractivity contribution in [2.75, 3.05) is 24.7 Å². The number of nitrogens with one attached hydrogen (secondary N) is 1. The van der Waals surface area contributed by atoms with Crippen molar-refractivity contribution in [1.82, 2.24) is 5.32 Å². The number of carbonyl (C=O) groups excluding carboxylic acids is 2. The Kier molecular flexibility index (Phi) is 9.82. The van der Waals surface area contributed by atoms with Gasteiger partial charge in [0.2, 0.25) is 0 Å². The SMILES string of the molecule is C=CCOC(=O)C1=CNC(CSCC)=C(C(=O)OCC)C1Cc1cccc(Cl)c1Cl. The summed E-state index contributed by atoms with van der Waals surface area (Å²) >= 11 is 14.2. The molecule has 1 unspecified atom stereocenters. The van der Waals surface area contributed by atoms with E-state index in [9.17, 15) is 9.59 Å². The van der Waals surface area contributed by atoms with E-state index in [4.69, 9.17) is 32.7 Å². The molecule has 0 fully saturated rings. The predicted molar refractivity (Wildman–Crippen MR) is 123 cm³/mol. The van der Waals surface area contributed by atoms with Gasteiger partial charge in [0.05, 0.1) is 27.8 Å². The summed E-state index contributed by atoms with van der Waals surface area (Å²) in [5, 5.41) is 3.90. The zero-order chi connectivity index (χ0) is 22.1. The van der Waals surface area contributed by atoms with E-state index in [1.165, 1.54) is 6.08 Å². The Bertz CT molecular complexity index is 867. The Morgan fingerprint density at radius 3 is 2.67 bits per heavy atom. The molecule has 1 aliphatic rings. The van der Waals surface area contributed by atoms with Gasteiger partial charge in [0, 0.05) is 23.6 Å². The van der Waals surface area contributed by atoms with Gasteiger partial charge in [-0.25, -0.2) is 9.59 Å². The fourth-order valence-electron chi connectivity index (χ4n) is 3.06. The molecule has 1 N–H and O–H groups in total. The molecule has 5 nitrogen and oxygen atoms in total. The lowest BCUT2D eigenvalue weighted by atomic mass is 9.83. The van der Waals surface area contributed by atoms with Crippen molar-refractivity contribution < 1.29 is 19.1 Å². The maximum Gasteiger partial charge on any atom is 0.336 e. The zero-order valence-electron chi connectivity index (χ0n) is 17.0. The van der Waals surface area contributed by atoms with Gasteiger partial charge in [-0.3, -0.25) is 0 Å². The molecule has 0 aliphatic carbocycles. The topological polar surface area (TPSA) is 64.6 Å². The Balaban J connectivity index is 2.52. The second-order valence-corrected chi connectivity index (χ2v) is 8.41. The highest BCUT2D eigenvalue weighted by Crippen LogP contribution is 2.36. The summed E-state index contributed by atoms with van der Waals surface area (Å²) < 4.78 is 10.6. The molecule has 0 radical (unpaired) electrons. The van der Waals surface area contributed by atoms with Crippen LogP contribution in [-0.2, 0) is 25.5 Å². The molecule has 30 heavy (non-hydrogen) atoms. The molecule has 1 aromatic carbocycles. The normalized spacial score (nSPS) is 15.9. The quantitative estimate of drug-likeness (QED) is 0.386. The molecular weight excluding hydrogens is 445 g/mol. The van der Waals surface area contributed by atoms with Crippen LogP contribution in [0.15, 0.2) is 53.9 Å². The summed E-state index contributed by atoms with van der Waals surface area (Å²) in [5.41, 5.74) is 2.16. The van der Waals surface area contributed by atoms with E-state index in [1.807, 2.05) is 13.0 Å². The summed E-state index contributed by atoms with van der Waals surface area (Å²) in [5.74, 6) is -0.137. The second-order valence-electron chi connectivity index (χ2n) is 6.35. The van der Waals surface area contributed by atoms with E-state index in [1.54, 1.807) is 37.0 Å². The monoisotopic (exact) mass is 469 g/mol. The Labute approximate surface area is 191 Å². The Morgan fingerprint density at radius 2 is 2.00 bits per heavy atom. The summed E-state index contributed by atoms with van der Waals surface area (Å²) in [4.78, 5) is 25.7. The number of halogens is 2. The average Bonchev–Trinajstić information content (AvgIpc) is 2.73. The molecule has 1 aliphatic heterocycles. The third-order valence-corrected chi connectivity index (χ3v) is 6.18. The minimum Gasteiger partial charge on any atom is -0.463 e. The number of esters is 2. The van der Waals surface area contributed by atoms with Crippen molar-refractivity contribution >= 4 is 46.9 Å². The van der Waals surface area contributed by atoms with Crippen LogP contribution in [-0.4, -0.2) is 36.7 Å². The van der Waals surface area contributed by atoms with Crippen LogP contribution in [0.1, 0.15) is 19.4 Å². The second kappa shape index (κ2) is 12.1. The molecule has 1 heterocycles. The molecule has 0 saturated carbocycles. The van der Waals surface area contributed by atoms with Crippen LogP contribution in [0.3, 0.4) is 0 Å². The lowest BCUT2D eigenvalue weighted by molar-refractivity contribution is -0.139. The summed E-state index contributed by atoms with van der Waals surface area (Å²) in [7, 11) is 0. The van der Waals surface area contributed by atoms with Crippen LogP contribution >= 0.6 is 35.0 Å². The summed E-state index contributed by atoms with van der Waals surface area (Å²) in [6.45, 7) is 7.64. The van der Waals surface area contributed by atoms with E-state index in [-0.39, 0.29) is 13.2 Å². The van der Waals surface area contributed by atoms with Gasteiger partial charge in [0.1, 0.15) is 6.61 Å². The van der Waals surface area contributed by atoms with Crippen molar-refractivity contribution in [2.45, 2.75) is 20.3 Å². The van der Waals surface area contributed by atoms with Gasteiger partial charge in [-0.05, 0) is 30.7 Å². The van der Waals surface area contributed by atoms with Crippen LogP contribution in [0.4, 0.5) is 0 Å². The molecule has 0 spiro atoms. The molecule has 0 saturated heterocycles. The largest absolute Gasteiger partial charge is 0.463 e. The third-order valence-electron chi connectivity index (χ3n) is 4.42. The van der Waals surface area contributed by atoms with Crippen molar-refractivity contribution in [2.24, 2.45) is 5.92 Å². The van der Waals surface area contributed by atoms with Crippen LogP contribution in [0.2, 0.25) is 10.0 Å². The number of dihydropyridines is 1. The Morgan fingerprint density at radius 1 is 1.23 bits per heavy atom. The molecule has 0 aromatic heterocycles. The standard InChI is InChI=1S/C22H25Cl2NO4S/c1-4-10-29-21(26)16-12-25-18(13-30-6-3)19(22(27)28-5-2)15(16)11-14-8-7-9-17(23)20(14)24/h4,7-9,12,15,25H,1,5-6,10-11,13H2,2-3H3. The lowest BCUT2D eigenvalue weighted by Gasteiger charge is -2.29. The molecule has 162 valence electrons. The molecule has 0 amide bonds. The predicted octanol–water partition coefficient (Wildman–Crippen LogP) is 4.94. The number of hydrogen-bond donors (Lipinski definition) is 1. The van der Waals surface area contributed by atoms with Gasteiger partial charge in [0.25, 0.3) is 0 Å². The van der Waals surface area contributed by atoms with E-state index >= 15 is 0 Å². The maximum absolute atomic E-state index is 12.9. The Hall–Kier alpha value is -1.89. The first-order valence-electron chi connectivity index (χ1n) is 9.59. The van der Waals surface area contributed by atoms with E-state index < -0.39 is 17.9 Å². The summed E-state index contributed by atoms with van der Waals surface area (Å²) in [6, 6.07) is 5.30. The lowest BCUT2D eigenvalue weighted by Crippen LogP contribution is -2.33. The number of rotatable bonds is 10. The number of ether oxygens (including phenoxy) is 2. The van der Waals surface area contributed by atoms with Crippen LogP contribution in [0.25, 0.3) is 0 Å². The van der Waals surface area contributed by atoms with E-state index in [0.29, 0.717) is 39.1 Å². The molecule has 2 rings (SSSR count). The van der Waals surface area contributed by atoms with Gasteiger partial charge < -0.3 is 14.8 Å². The number of hydrogen-bond acceptors (Lipinski definition) is 6. The first-order valence-corrected chi connectivity index (χ1v) is 11.5. The van der Waals surface area contributed by atoms with E-state index in [2.05, 4.69) is 11.9 Å². The molecular formula is C22H25Cl2NO4S. The van der Waals surface area contributed by atoms with Gasteiger partial charge in [-0.1, -0.05) is 54.9 Å². The fourth-order valence-corrected chi connectivity index (χ4v) is 4.11. The maximum atomic E-state index is 12.9. The summed E-state index contributed by atoms with van der Waals surface area (Å²) in [6.07, 6.45) is 3.39. The smallest absolute Gasteiger partial charge is 0.336 e. The zero-order valence-corrected chi connectivity index (χ0v) is 19.3. The van der Waals surface area contributed by atoms with Gasteiger partial charge in [-0.15, -0.1) is 0 Å². The molecule has 8 heteroatoms. The number of benzene rings is 1. The highest BCUT2D eigenvalue weighted by molar-refractivity contribution is 7.99. The molecule has 1 atom stereocenters. The van der Waals surface area contributed by atoms with Gasteiger partial charge >= 0.3 is 11.9 Å². The number of carbonyl (C=O) groups is 2. The highest BCUT2D eigenvalue weighted by atomic mass is 35.5. The van der Waals surface area contributed by atoms with Gasteiger partial charge in [-0.2, -0.15) is 11.8 Å². The highest BCUT2D eigenvalue weighted by Gasteiger charge is 2.36. The first-order chi connectivity index (χ1) is 14.4. The minimum atomic E-state index is -0.592. The molecule has 1 aromatic rings. The van der Waals surface area contributed by atoms with Crippen molar-refractivity contribution in [3.63, 3.8) is 0 Å². The van der Waals surface area contributed by atoms with Crippen molar-refractivity contribution in [1.29, 1.82) is 0 Å². The number of thioether (sulfide) groups is 1. The fraction of sp³-hybridized carbons (Fsp3) is 0.364. The first kappa shape index (κ1) is 24.4.